The number of carbonyl (C=O) groups excluding carboxylic acids is 6. The van der Waals surface area contributed by atoms with Crippen LogP contribution < -0.4 is 10.6 Å². The summed E-state index contributed by atoms with van der Waals surface area (Å²) in [6.07, 6.45) is 4.21. The third-order valence-corrected chi connectivity index (χ3v) is 4.54. The molecule has 0 atom stereocenters. The minimum Gasteiger partial charge on any atom is -0.463 e. The number of hydrogen-bond donors (Lipinski definition) is 2. The summed E-state index contributed by atoms with van der Waals surface area (Å²) in [6, 6.07) is -1.21. The Labute approximate surface area is 184 Å². The fourth-order valence-electron chi connectivity index (χ4n) is 3.05. The van der Waals surface area contributed by atoms with Crippen LogP contribution >= 0.6 is 0 Å². The summed E-state index contributed by atoms with van der Waals surface area (Å²) in [4.78, 5) is 73.2. The molecule has 0 aliphatic carbocycles. The molecule has 0 aromatic carbocycles. The number of esters is 2. The van der Waals surface area contributed by atoms with Crippen molar-refractivity contribution in [3.63, 3.8) is 0 Å². The molecule has 0 bridgehead atoms. The van der Waals surface area contributed by atoms with Gasteiger partial charge < -0.3 is 20.1 Å². The highest BCUT2D eigenvalue weighted by molar-refractivity contribution is 6.14. The Morgan fingerprint density at radius 2 is 1.09 bits per heavy atom. The van der Waals surface area contributed by atoms with Crippen molar-refractivity contribution in [2.24, 2.45) is 0 Å². The first-order valence-corrected chi connectivity index (χ1v) is 10.3. The normalized spacial score (nSPS) is 18.4. The summed E-state index contributed by atoms with van der Waals surface area (Å²) in [6.45, 7) is 3.90. The summed E-state index contributed by atoms with van der Waals surface area (Å²) in [5.41, 5.74) is -0.252. The fourth-order valence-corrected chi connectivity index (χ4v) is 3.05. The molecule has 2 saturated heterocycles. The number of rotatable bonds is 11. The van der Waals surface area contributed by atoms with Crippen LogP contribution in [0, 0.1) is 0 Å². The van der Waals surface area contributed by atoms with Crippen molar-refractivity contribution in [2.75, 3.05) is 26.3 Å². The van der Waals surface area contributed by atoms with E-state index in [4.69, 9.17) is 9.47 Å². The zero-order valence-corrected chi connectivity index (χ0v) is 18.0. The van der Waals surface area contributed by atoms with E-state index in [9.17, 15) is 28.8 Å². The Morgan fingerprint density at radius 3 is 1.44 bits per heavy atom. The highest BCUT2D eigenvalue weighted by Crippen LogP contribution is 2.14. The first-order valence-electron chi connectivity index (χ1n) is 10.3. The van der Waals surface area contributed by atoms with Gasteiger partial charge in [-0.1, -0.05) is 12.8 Å². The predicted molar refractivity (Wildman–Crippen MR) is 108 cm³/mol. The molecular weight excluding hydrogens is 424 g/mol. The molecule has 0 spiro atoms. The molecule has 12 nitrogen and oxygen atoms in total. The quantitative estimate of drug-likeness (QED) is 0.200. The number of urea groups is 2. The zero-order chi connectivity index (χ0) is 23.7. The van der Waals surface area contributed by atoms with Crippen molar-refractivity contribution < 1.29 is 38.2 Å². The standard InChI is InChI=1S/C20H26N4O8/c1-3-31-15(25)11-13-17(27)23(19(29)21-13)9-7-5-6-8-10-24-18(28)14(22-20(24)30)12-16(26)32-4-2/h11-12H,3-10H2,1-2H3,(H,21,29)(H,22,30). The number of ether oxygens (including phenoxy) is 2. The molecular formula is C20H26N4O8. The van der Waals surface area contributed by atoms with Crippen LogP contribution in [-0.2, 0) is 28.7 Å². The van der Waals surface area contributed by atoms with Crippen LogP contribution in [-0.4, -0.2) is 71.9 Å². The number of amides is 6. The van der Waals surface area contributed by atoms with Gasteiger partial charge in [0.1, 0.15) is 11.4 Å². The Balaban J connectivity index is 1.72. The van der Waals surface area contributed by atoms with E-state index >= 15 is 0 Å². The molecule has 174 valence electrons. The summed E-state index contributed by atoms with van der Waals surface area (Å²) in [5, 5.41) is 4.68. The second-order valence-electron chi connectivity index (χ2n) is 6.81. The lowest BCUT2D eigenvalue weighted by Gasteiger charge is -2.13. The predicted octanol–water partition coefficient (Wildman–Crippen LogP) is 0.544. The van der Waals surface area contributed by atoms with Crippen LogP contribution in [0.1, 0.15) is 39.5 Å². The van der Waals surface area contributed by atoms with Crippen molar-refractivity contribution >= 4 is 35.8 Å². The van der Waals surface area contributed by atoms with Crippen molar-refractivity contribution in [3.8, 4) is 0 Å². The molecule has 2 aliphatic rings. The third kappa shape index (κ3) is 6.40. The van der Waals surface area contributed by atoms with Crippen LogP contribution in [0.4, 0.5) is 9.59 Å². The smallest absolute Gasteiger partial charge is 0.333 e. The number of nitrogens with one attached hydrogen (secondary N) is 2. The van der Waals surface area contributed by atoms with Gasteiger partial charge in [-0.3, -0.25) is 19.4 Å². The molecule has 0 unspecified atom stereocenters. The van der Waals surface area contributed by atoms with Gasteiger partial charge in [0.25, 0.3) is 11.8 Å². The van der Waals surface area contributed by atoms with E-state index in [1.165, 1.54) is 0 Å². The SMILES string of the molecule is CCOC(=O)C=C1NC(=O)N(CCCCCCN2C(=O)NC(=CC(=O)OCC)C2=O)C1=O. The molecule has 0 radical (unpaired) electrons. The zero-order valence-electron chi connectivity index (χ0n) is 18.0. The Morgan fingerprint density at radius 1 is 0.719 bits per heavy atom. The molecule has 6 amide bonds. The highest BCUT2D eigenvalue weighted by Gasteiger charge is 2.34. The molecule has 2 aliphatic heterocycles. The van der Waals surface area contributed by atoms with Crippen molar-refractivity contribution in [1.82, 2.24) is 20.4 Å². The fraction of sp³-hybridized carbons (Fsp3) is 0.500. The highest BCUT2D eigenvalue weighted by atomic mass is 16.5. The average Bonchev–Trinajstić information content (AvgIpc) is 3.14. The van der Waals surface area contributed by atoms with Crippen molar-refractivity contribution in [1.29, 1.82) is 0 Å². The summed E-state index contributed by atoms with van der Waals surface area (Å²) < 4.78 is 9.44. The number of imide groups is 2. The number of hydrogen-bond acceptors (Lipinski definition) is 8. The van der Waals surface area contributed by atoms with Crippen molar-refractivity contribution in [3.05, 3.63) is 23.5 Å². The van der Waals surface area contributed by atoms with E-state index in [-0.39, 0.29) is 37.7 Å². The van der Waals surface area contributed by atoms with Gasteiger partial charge >= 0.3 is 24.0 Å². The van der Waals surface area contributed by atoms with Crippen LogP contribution in [0.2, 0.25) is 0 Å². The van der Waals surface area contributed by atoms with E-state index in [2.05, 4.69) is 10.6 Å². The lowest BCUT2D eigenvalue weighted by atomic mass is 10.2. The van der Waals surface area contributed by atoms with Gasteiger partial charge in [0.15, 0.2) is 0 Å². The maximum absolute atomic E-state index is 12.2. The van der Waals surface area contributed by atoms with E-state index in [0.29, 0.717) is 25.7 Å². The lowest BCUT2D eigenvalue weighted by molar-refractivity contribution is -0.138. The maximum atomic E-state index is 12.2. The molecule has 0 aromatic rings. The van der Waals surface area contributed by atoms with E-state index in [1.54, 1.807) is 13.8 Å². The molecule has 32 heavy (non-hydrogen) atoms. The Bertz CT molecular complexity index is 794. The van der Waals surface area contributed by atoms with Crippen LogP contribution in [0.5, 0.6) is 0 Å². The maximum Gasteiger partial charge on any atom is 0.333 e. The number of unbranched alkanes of at least 4 members (excludes halogenated alkanes) is 3. The molecule has 0 saturated carbocycles. The van der Waals surface area contributed by atoms with Gasteiger partial charge in [0.05, 0.1) is 25.4 Å². The van der Waals surface area contributed by atoms with E-state index in [0.717, 1.165) is 22.0 Å². The minimum absolute atomic E-state index is 0.126. The number of nitrogens with zero attached hydrogens (tertiary/aromatic N) is 2. The molecule has 2 heterocycles. The second kappa shape index (κ2) is 11.6. The van der Waals surface area contributed by atoms with Crippen molar-refractivity contribution in [2.45, 2.75) is 39.5 Å². The molecule has 2 fully saturated rings. The third-order valence-electron chi connectivity index (χ3n) is 4.54. The van der Waals surface area contributed by atoms with Gasteiger partial charge in [-0.15, -0.1) is 0 Å². The topological polar surface area (TPSA) is 151 Å². The Hall–Kier alpha value is -3.70. The first-order chi connectivity index (χ1) is 15.3. The van der Waals surface area contributed by atoms with Gasteiger partial charge in [-0.05, 0) is 26.7 Å². The summed E-state index contributed by atoms with van der Waals surface area (Å²) in [5.74, 6) is -2.61. The average molecular weight is 450 g/mol. The molecule has 2 rings (SSSR count). The van der Waals surface area contributed by atoms with Gasteiger partial charge in [0.2, 0.25) is 0 Å². The lowest BCUT2D eigenvalue weighted by Crippen LogP contribution is -2.32. The second-order valence-corrected chi connectivity index (χ2v) is 6.81. The monoisotopic (exact) mass is 450 g/mol. The molecule has 0 aromatic heterocycles. The van der Waals surface area contributed by atoms with Gasteiger partial charge in [-0.2, -0.15) is 0 Å². The largest absolute Gasteiger partial charge is 0.463 e. The minimum atomic E-state index is -0.709. The van der Waals surface area contributed by atoms with Crippen LogP contribution in [0.15, 0.2) is 23.5 Å². The van der Waals surface area contributed by atoms with Crippen LogP contribution in [0.3, 0.4) is 0 Å². The number of carbonyl (C=O) groups is 6. The first kappa shape index (κ1) is 24.6. The Kier molecular flexibility index (Phi) is 8.93. The van der Waals surface area contributed by atoms with Gasteiger partial charge in [0, 0.05) is 13.1 Å². The summed E-state index contributed by atoms with van der Waals surface area (Å²) >= 11 is 0. The van der Waals surface area contributed by atoms with E-state index < -0.39 is 35.8 Å². The van der Waals surface area contributed by atoms with Gasteiger partial charge in [-0.25, -0.2) is 19.2 Å². The molecule has 12 heteroatoms. The van der Waals surface area contributed by atoms with Crippen LogP contribution in [0.25, 0.3) is 0 Å². The summed E-state index contributed by atoms with van der Waals surface area (Å²) in [7, 11) is 0. The van der Waals surface area contributed by atoms with E-state index in [1.807, 2.05) is 0 Å². The molecule has 2 N–H and O–H groups in total.